The number of ether oxygens (including phenoxy) is 1. The maximum atomic E-state index is 13.1. The predicted octanol–water partition coefficient (Wildman–Crippen LogP) is 5.26. The molecule has 0 radical (unpaired) electrons. The number of aromatic nitrogens is 2. The number of fused-ring (bicyclic) bond motifs is 2. The molecule has 0 aliphatic rings. The van der Waals surface area contributed by atoms with Gasteiger partial charge in [0, 0.05) is 16.3 Å². The highest BCUT2D eigenvalue weighted by Crippen LogP contribution is 2.35. The first kappa shape index (κ1) is 17.9. The lowest BCUT2D eigenvalue weighted by Crippen LogP contribution is -2.08. The fraction of sp³-hybridized carbons (Fsp3) is 0.0952. The van der Waals surface area contributed by atoms with Crippen LogP contribution in [0.1, 0.15) is 16.1 Å². The first-order valence-electron chi connectivity index (χ1n) is 8.33. The first-order valence-corrected chi connectivity index (χ1v) is 8.33. The Morgan fingerprint density at radius 3 is 2.21 bits per heavy atom. The van der Waals surface area contributed by atoms with Crippen LogP contribution < -0.4 is 0 Å². The summed E-state index contributed by atoms with van der Waals surface area (Å²) in [6.45, 7) is 0. The predicted molar refractivity (Wildman–Crippen MR) is 98.8 cm³/mol. The van der Waals surface area contributed by atoms with Crippen LogP contribution in [0.2, 0.25) is 0 Å². The molecule has 7 heteroatoms. The minimum atomic E-state index is -4.47. The van der Waals surface area contributed by atoms with Crippen LogP contribution >= 0.6 is 0 Å². The number of hydrogen-bond donors (Lipinski definition) is 0. The van der Waals surface area contributed by atoms with Crippen molar-refractivity contribution >= 4 is 27.5 Å². The van der Waals surface area contributed by atoms with Crippen LogP contribution in [0.3, 0.4) is 0 Å². The van der Waals surface area contributed by atoms with E-state index in [-0.39, 0.29) is 17.0 Å². The number of methoxy groups -OCH3 is 1. The smallest absolute Gasteiger partial charge is 0.416 e. The Labute approximate surface area is 157 Å². The normalized spacial score (nSPS) is 11.7. The zero-order valence-electron chi connectivity index (χ0n) is 14.6. The van der Waals surface area contributed by atoms with Crippen LogP contribution in [0.25, 0.3) is 32.8 Å². The molecule has 0 N–H and O–H groups in total. The molecule has 4 aromatic rings. The van der Waals surface area contributed by atoms with E-state index in [9.17, 15) is 18.0 Å². The number of hydrogen-bond acceptors (Lipinski definition) is 4. The second kappa shape index (κ2) is 6.60. The van der Waals surface area contributed by atoms with Gasteiger partial charge in [0.1, 0.15) is 5.69 Å². The third-order valence-corrected chi connectivity index (χ3v) is 4.49. The van der Waals surface area contributed by atoms with E-state index in [1.165, 1.54) is 19.2 Å². The van der Waals surface area contributed by atoms with E-state index in [0.29, 0.717) is 10.8 Å². The summed E-state index contributed by atoms with van der Waals surface area (Å²) in [4.78, 5) is 12.1. The van der Waals surface area contributed by atoms with Crippen LogP contribution in [0.15, 0.2) is 60.7 Å². The van der Waals surface area contributed by atoms with E-state index in [0.717, 1.165) is 22.9 Å². The summed E-state index contributed by atoms with van der Waals surface area (Å²) < 4.78 is 44.1. The Bertz CT molecular complexity index is 1220. The fourth-order valence-electron chi connectivity index (χ4n) is 3.14. The third-order valence-electron chi connectivity index (χ3n) is 4.49. The van der Waals surface area contributed by atoms with E-state index < -0.39 is 17.7 Å². The number of carbonyl (C=O) groups is 1. The molecular weight excluding hydrogens is 369 g/mol. The van der Waals surface area contributed by atoms with Gasteiger partial charge in [-0.1, -0.05) is 36.4 Å². The highest BCUT2D eigenvalue weighted by molar-refractivity contribution is 6.11. The summed E-state index contributed by atoms with van der Waals surface area (Å²) in [5.41, 5.74) is -0.240. The molecule has 1 heterocycles. The molecule has 28 heavy (non-hydrogen) atoms. The molecule has 0 fully saturated rings. The van der Waals surface area contributed by atoms with Crippen molar-refractivity contribution in [2.45, 2.75) is 6.18 Å². The minimum absolute atomic E-state index is 0.0129. The van der Waals surface area contributed by atoms with Crippen LogP contribution in [0.4, 0.5) is 13.2 Å². The van der Waals surface area contributed by atoms with E-state index in [1.807, 2.05) is 24.3 Å². The van der Waals surface area contributed by atoms with Gasteiger partial charge in [-0.25, -0.2) is 4.79 Å². The van der Waals surface area contributed by atoms with Gasteiger partial charge in [0.25, 0.3) is 0 Å². The Morgan fingerprint density at radius 1 is 0.893 bits per heavy atom. The van der Waals surface area contributed by atoms with Crippen molar-refractivity contribution in [3.63, 3.8) is 0 Å². The van der Waals surface area contributed by atoms with Crippen molar-refractivity contribution in [1.29, 1.82) is 0 Å². The number of rotatable bonds is 2. The topological polar surface area (TPSA) is 52.1 Å². The quantitative estimate of drug-likeness (QED) is 0.351. The van der Waals surface area contributed by atoms with Crippen molar-refractivity contribution in [2.75, 3.05) is 7.11 Å². The van der Waals surface area contributed by atoms with Gasteiger partial charge in [-0.2, -0.15) is 13.2 Å². The Hall–Kier alpha value is -3.48. The maximum Gasteiger partial charge on any atom is 0.416 e. The number of halogens is 3. The summed E-state index contributed by atoms with van der Waals surface area (Å²) in [6, 6.07) is 15.9. The second-order valence-corrected chi connectivity index (χ2v) is 6.21. The molecule has 4 rings (SSSR count). The van der Waals surface area contributed by atoms with Crippen LogP contribution in [0, 0.1) is 0 Å². The molecule has 1 aromatic heterocycles. The molecule has 3 aromatic carbocycles. The minimum Gasteiger partial charge on any atom is -0.464 e. The van der Waals surface area contributed by atoms with Crippen LogP contribution in [0.5, 0.6) is 0 Å². The molecule has 0 aliphatic heterocycles. The van der Waals surface area contributed by atoms with Gasteiger partial charge in [-0.15, -0.1) is 10.2 Å². The molecule has 0 unspecified atom stereocenters. The van der Waals surface area contributed by atoms with Crippen molar-refractivity contribution < 1.29 is 22.7 Å². The Morgan fingerprint density at radius 2 is 1.57 bits per heavy atom. The van der Waals surface area contributed by atoms with Gasteiger partial charge in [0.15, 0.2) is 5.69 Å². The van der Waals surface area contributed by atoms with Gasteiger partial charge in [-0.05, 0) is 35.0 Å². The fourth-order valence-corrected chi connectivity index (χ4v) is 3.14. The largest absolute Gasteiger partial charge is 0.464 e. The zero-order valence-corrected chi connectivity index (χ0v) is 14.6. The molecule has 0 saturated carbocycles. The van der Waals surface area contributed by atoms with Crippen LogP contribution in [-0.2, 0) is 10.9 Å². The average Bonchev–Trinajstić information content (AvgIpc) is 2.70. The van der Waals surface area contributed by atoms with Crippen molar-refractivity contribution in [1.82, 2.24) is 10.2 Å². The van der Waals surface area contributed by atoms with Gasteiger partial charge in [0.2, 0.25) is 0 Å². The molecule has 140 valence electrons. The lowest BCUT2D eigenvalue weighted by atomic mass is 9.98. The Balaban J connectivity index is 2.05. The van der Waals surface area contributed by atoms with Gasteiger partial charge < -0.3 is 4.74 Å². The SMILES string of the molecule is COC(=O)c1nnc(-c2cccc(C(F)(F)F)c2)c2cc3ccccc3cc12. The maximum absolute atomic E-state index is 13.1. The highest BCUT2D eigenvalue weighted by Gasteiger charge is 2.30. The summed E-state index contributed by atoms with van der Waals surface area (Å²) in [5.74, 6) is -0.664. The van der Waals surface area contributed by atoms with Gasteiger partial charge in [-0.3, -0.25) is 0 Å². The van der Waals surface area contributed by atoms with Crippen molar-refractivity contribution in [3.8, 4) is 11.3 Å². The first-order chi connectivity index (χ1) is 13.4. The lowest BCUT2D eigenvalue weighted by molar-refractivity contribution is -0.137. The molecule has 0 bridgehead atoms. The monoisotopic (exact) mass is 382 g/mol. The number of alkyl halides is 3. The van der Waals surface area contributed by atoms with Crippen molar-refractivity contribution in [2.24, 2.45) is 0 Å². The zero-order chi connectivity index (χ0) is 19.9. The summed E-state index contributed by atoms with van der Waals surface area (Å²) in [5, 5.41) is 10.7. The Kier molecular flexibility index (Phi) is 4.22. The molecule has 0 aliphatic carbocycles. The number of carbonyl (C=O) groups excluding carboxylic acids is 1. The van der Waals surface area contributed by atoms with E-state index in [2.05, 4.69) is 10.2 Å². The highest BCUT2D eigenvalue weighted by atomic mass is 19.4. The molecule has 4 nitrogen and oxygen atoms in total. The second-order valence-electron chi connectivity index (χ2n) is 6.21. The summed E-state index contributed by atoms with van der Waals surface area (Å²) in [7, 11) is 1.23. The van der Waals surface area contributed by atoms with Gasteiger partial charge >= 0.3 is 12.1 Å². The van der Waals surface area contributed by atoms with E-state index in [4.69, 9.17) is 4.74 Å². The van der Waals surface area contributed by atoms with E-state index >= 15 is 0 Å². The standard InChI is InChI=1S/C21H13F3N2O2/c1-28-20(27)19-17-11-13-6-3-2-5-12(13)10-16(17)18(25-26-19)14-7-4-8-15(9-14)21(22,23)24/h2-11H,1H3. The summed E-state index contributed by atoms with van der Waals surface area (Å²) >= 11 is 0. The van der Waals surface area contributed by atoms with Gasteiger partial charge in [0.05, 0.1) is 12.7 Å². The van der Waals surface area contributed by atoms with E-state index in [1.54, 1.807) is 12.1 Å². The summed E-state index contributed by atoms with van der Waals surface area (Å²) in [6.07, 6.45) is -4.47. The number of benzene rings is 3. The number of nitrogens with zero attached hydrogens (tertiary/aromatic N) is 2. The third kappa shape index (κ3) is 3.05. The lowest BCUT2D eigenvalue weighted by Gasteiger charge is -2.12. The van der Waals surface area contributed by atoms with Crippen molar-refractivity contribution in [3.05, 3.63) is 71.9 Å². The number of esters is 1. The molecule has 0 spiro atoms. The molecule has 0 saturated heterocycles. The molecular formula is C21H13F3N2O2. The molecule has 0 atom stereocenters. The van der Waals surface area contributed by atoms with Crippen LogP contribution in [-0.4, -0.2) is 23.3 Å². The average molecular weight is 382 g/mol. The molecule has 0 amide bonds.